The first-order valence-electron chi connectivity index (χ1n) is 9.91. The van der Waals surface area contributed by atoms with E-state index in [9.17, 15) is 9.59 Å². The molecule has 2 aromatic rings. The number of carbonyl (C=O) groups excluding carboxylic acids is 2. The molecule has 0 saturated heterocycles. The van der Waals surface area contributed by atoms with E-state index in [1.807, 2.05) is 26.0 Å². The van der Waals surface area contributed by atoms with Crippen molar-refractivity contribution in [3.05, 3.63) is 40.8 Å². The lowest BCUT2D eigenvalue weighted by Crippen LogP contribution is -2.33. The topological polar surface area (TPSA) is 56.4 Å². The maximum Gasteiger partial charge on any atom is 0.270 e. The van der Waals surface area contributed by atoms with Crippen LogP contribution in [0.2, 0.25) is 0 Å². The van der Waals surface area contributed by atoms with E-state index in [2.05, 4.69) is 4.98 Å². The summed E-state index contributed by atoms with van der Waals surface area (Å²) < 4.78 is 15.4. The summed E-state index contributed by atoms with van der Waals surface area (Å²) in [6.45, 7) is 7.29. The first kappa shape index (κ1) is 20.1. The summed E-state index contributed by atoms with van der Waals surface area (Å²) in [4.78, 5) is 30.8. The van der Waals surface area contributed by atoms with E-state index < -0.39 is 0 Å². The van der Waals surface area contributed by atoms with E-state index in [0.717, 1.165) is 29.4 Å². The molecule has 1 N–H and O–H groups in total. The molecule has 1 aliphatic heterocycles. The average Bonchev–Trinajstić information content (AvgIpc) is 3.14. The van der Waals surface area contributed by atoms with Gasteiger partial charge in [-0.3, -0.25) is 9.59 Å². The second-order valence-corrected chi connectivity index (χ2v) is 7.41. The second kappa shape index (κ2) is 8.17. The minimum absolute atomic E-state index is 0.00507. The van der Waals surface area contributed by atoms with Crippen molar-refractivity contribution in [3.63, 3.8) is 0 Å². The number of hydrogen-bond donors (Lipinski definition) is 1. The fourth-order valence-corrected chi connectivity index (χ4v) is 3.82. The normalized spacial score (nSPS) is 14.3. The lowest BCUT2D eigenvalue weighted by atomic mass is 9.95. The Balaban J connectivity index is 2.07. The maximum atomic E-state index is 15.4. The predicted molar refractivity (Wildman–Crippen MR) is 110 cm³/mol. The Kier molecular flexibility index (Phi) is 5.87. The summed E-state index contributed by atoms with van der Waals surface area (Å²) in [5.74, 6) is -0.503. The van der Waals surface area contributed by atoms with Crippen LogP contribution in [-0.2, 0) is 11.2 Å². The minimum atomic E-state index is -0.360. The number of nitrogens with one attached hydrogen (secondary N) is 1. The highest BCUT2D eigenvalue weighted by Gasteiger charge is 2.23. The van der Waals surface area contributed by atoms with E-state index in [-0.39, 0.29) is 17.6 Å². The molecule has 1 aromatic heterocycles. The molecule has 0 spiro atoms. The zero-order valence-corrected chi connectivity index (χ0v) is 17.1. The number of nitrogens with zero attached hydrogens (tertiary/aromatic N) is 2. The molecule has 1 aromatic carbocycles. The van der Waals surface area contributed by atoms with Gasteiger partial charge in [0.25, 0.3) is 5.91 Å². The molecular weight excluding hydrogens is 357 g/mol. The number of fused-ring (bicyclic) bond motifs is 1. The molecule has 0 saturated carbocycles. The van der Waals surface area contributed by atoms with Gasteiger partial charge in [0.2, 0.25) is 5.91 Å². The number of halogens is 1. The monoisotopic (exact) mass is 385 g/mol. The number of aromatic nitrogens is 1. The van der Waals surface area contributed by atoms with Gasteiger partial charge in [-0.25, -0.2) is 4.39 Å². The van der Waals surface area contributed by atoms with Crippen LogP contribution in [-0.4, -0.2) is 53.3 Å². The molecule has 2 amide bonds. The molecule has 0 aliphatic carbocycles. The number of rotatable bonds is 5. The molecule has 0 radical (unpaired) electrons. The van der Waals surface area contributed by atoms with Crippen LogP contribution >= 0.6 is 0 Å². The van der Waals surface area contributed by atoms with Crippen LogP contribution < -0.4 is 0 Å². The van der Waals surface area contributed by atoms with Gasteiger partial charge in [-0.15, -0.1) is 0 Å². The highest BCUT2D eigenvalue weighted by Crippen LogP contribution is 2.32. The first-order valence-corrected chi connectivity index (χ1v) is 9.91. The number of carbonyl (C=O) groups is 2. The summed E-state index contributed by atoms with van der Waals surface area (Å²) in [5.41, 5.74) is 3.09. The number of H-pyrrole nitrogens is 1. The largest absolute Gasteiger partial charge is 0.348 e. The van der Waals surface area contributed by atoms with Crippen molar-refractivity contribution in [1.82, 2.24) is 14.8 Å². The van der Waals surface area contributed by atoms with Crippen molar-refractivity contribution < 1.29 is 14.0 Å². The van der Waals surface area contributed by atoms with Crippen molar-refractivity contribution in [2.75, 3.05) is 26.7 Å². The molecule has 5 nitrogen and oxygen atoms in total. The smallest absolute Gasteiger partial charge is 0.270 e. The molecule has 1 aliphatic rings. The van der Waals surface area contributed by atoms with E-state index in [0.29, 0.717) is 42.8 Å². The summed E-state index contributed by atoms with van der Waals surface area (Å²) in [6.07, 6.45) is 4.31. The van der Waals surface area contributed by atoms with Crippen LogP contribution in [0.3, 0.4) is 0 Å². The van der Waals surface area contributed by atoms with Crippen molar-refractivity contribution >= 4 is 28.3 Å². The highest BCUT2D eigenvalue weighted by atomic mass is 19.1. The minimum Gasteiger partial charge on any atom is -0.348 e. The highest BCUT2D eigenvalue weighted by molar-refractivity contribution is 6.00. The van der Waals surface area contributed by atoms with Gasteiger partial charge in [0.15, 0.2) is 5.82 Å². The van der Waals surface area contributed by atoms with Crippen LogP contribution in [0, 0.1) is 5.82 Å². The predicted octanol–water partition coefficient (Wildman–Crippen LogP) is 3.99. The molecule has 3 rings (SSSR count). The zero-order chi connectivity index (χ0) is 20.4. The number of benzene rings is 1. The fraction of sp³-hybridized carbons (Fsp3) is 0.455. The third-order valence-electron chi connectivity index (χ3n) is 5.40. The molecule has 0 atom stereocenters. The lowest BCUT2D eigenvalue weighted by molar-refractivity contribution is -0.128. The fourth-order valence-electron chi connectivity index (χ4n) is 3.82. The van der Waals surface area contributed by atoms with Crippen LogP contribution in [0.25, 0.3) is 16.5 Å². The quantitative estimate of drug-likeness (QED) is 0.846. The van der Waals surface area contributed by atoms with E-state index >= 15 is 4.39 Å². The van der Waals surface area contributed by atoms with Crippen LogP contribution in [0.5, 0.6) is 0 Å². The Morgan fingerprint density at radius 2 is 2.04 bits per heavy atom. The Bertz CT molecular complexity index is 945. The van der Waals surface area contributed by atoms with Gasteiger partial charge in [0.1, 0.15) is 5.69 Å². The number of aryl methyl sites for hydroxylation is 1. The summed E-state index contributed by atoms with van der Waals surface area (Å²) in [5, 5.41) is 0.747. The number of hydrogen-bond acceptors (Lipinski definition) is 2. The number of aromatic amines is 1. The Hall–Kier alpha value is -2.63. The SMILES string of the molecule is CCCN(C)C(=O)c1cc2c(CC)cc(C3=CCCN(C(C)=O)C3)c(F)c2[nH]1. The van der Waals surface area contributed by atoms with Gasteiger partial charge < -0.3 is 14.8 Å². The Morgan fingerprint density at radius 3 is 2.68 bits per heavy atom. The second-order valence-electron chi connectivity index (χ2n) is 7.41. The van der Waals surface area contributed by atoms with Gasteiger partial charge in [-0.2, -0.15) is 0 Å². The summed E-state index contributed by atoms with van der Waals surface area (Å²) in [6, 6.07) is 3.62. The molecule has 0 fully saturated rings. The van der Waals surface area contributed by atoms with E-state index in [4.69, 9.17) is 0 Å². The third kappa shape index (κ3) is 3.68. The summed E-state index contributed by atoms with van der Waals surface area (Å²) >= 11 is 0. The van der Waals surface area contributed by atoms with Crippen molar-refractivity contribution in [1.29, 1.82) is 0 Å². The Labute approximate surface area is 165 Å². The first-order chi connectivity index (χ1) is 13.4. The van der Waals surface area contributed by atoms with Gasteiger partial charge in [0, 0.05) is 44.6 Å². The molecule has 28 heavy (non-hydrogen) atoms. The van der Waals surface area contributed by atoms with Crippen LogP contribution in [0.4, 0.5) is 4.39 Å². The van der Waals surface area contributed by atoms with Gasteiger partial charge in [-0.05, 0) is 42.5 Å². The molecule has 0 bridgehead atoms. The number of amides is 2. The van der Waals surface area contributed by atoms with Crippen LogP contribution in [0.15, 0.2) is 18.2 Å². The zero-order valence-electron chi connectivity index (χ0n) is 17.1. The van der Waals surface area contributed by atoms with Crippen molar-refractivity contribution in [2.24, 2.45) is 0 Å². The summed E-state index contributed by atoms with van der Waals surface area (Å²) in [7, 11) is 1.75. The standard InChI is InChI=1S/C22H28FN3O2/c1-5-9-25(4)22(28)19-12-18-15(6-2)11-17(20(23)21(18)24-19)16-8-7-10-26(13-16)14(3)27/h8,11-12,24H,5-7,9-10,13H2,1-4H3. The van der Waals surface area contributed by atoms with Gasteiger partial charge in [0.05, 0.1) is 5.52 Å². The van der Waals surface area contributed by atoms with E-state index in [1.165, 1.54) is 6.92 Å². The van der Waals surface area contributed by atoms with Crippen LogP contribution in [0.1, 0.15) is 55.2 Å². The van der Waals surface area contributed by atoms with Gasteiger partial charge in [-0.1, -0.05) is 19.9 Å². The molecule has 150 valence electrons. The third-order valence-corrected chi connectivity index (χ3v) is 5.40. The molecule has 2 heterocycles. The average molecular weight is 385 g/mol. The molecule has 0 unspecified atom stereocenters. The lowest BCUT2D eigenvalue weighted by Gasteiger charge is -2.27. The van der Waals surface area contributed by atoms with Crippen molar-refractivity contribution in [3.8, 4) is 0 Å². The Morgan fingerprint density at radius 1 is 1.29 bits per heavy atom. The molecular formula is C22H28FN3O2. The van der Waals surface area contributed by atoms with Gasteiger partial charge >= 0.3 is 0 Å². The molecule has 6 heteroatoms. The van der Waals surface area contributed by atoms with E-state index in [1.54, 1.807) is 22.9 Å². The maximum absolute atomic E-state index is 15.4. The van der Waals surface area contributed by atoms with Crippen molar-refractivity contribution in [2.45, 2.75) is 40.0 Å².